The maximum Gasteiger partial charge on any atom is 0.303 e. The van der Waals surface area contributed by atoms with Crippen LogP contribution in [0.1, 0.15) is 24.8 Å². The number of carbonyl (C=O) groups is 1. The Morgan fingerprint density at radius 2 is 2.35 bits per heavy atom. The molecule has 2 rings (SSSR count). The van der Waals surface area contributed by atoms with E-state index in [-0.39, 0.29) is 6.42 Å². The zero-order chi connectivity index (χ0) is 12.1. The number of nitrogens with one attached hydrogen (secondary N) is 1. The van der Waals surface area contributed by atoms with Crippen LogP contribution in [0, 0.1) is 0 Å². The number of aryl methyl sites for hydroxylation is 1. The molecule has 2 N–H and O–H groups in total. The average Bonchev–Trinajstić information content (AvgIpc) is 2.34. The van der Waals surface area contributed by atoms with Crippen LogP contribution in [0.3, 0.4) is 0 Å². The molecule has 0 atom stereocenters. The van der Waals surface area contributed by atoms with E-state index in [9.17, 15) is 4.79 Å². The van der Waals surface area contributed by atoms with Crippen LogP contribution in [-0.4, -0.2) is 23.4 Å². The van der Waals surface area contributed by atoms with Crippen molar-refractivity contribution in [3.63, 3.8) is 0 Å². The molecule has 1 aromatic carbocycles. The van der Waals surface area contributed by atoms with Gasteiger partial charge in [-0.25, -0.2) is 0 Å². The number of hydrogen-bond donors (Lipinski definition) is 2. The summed E-state index contributed by atoms with van der Waals surface area (Å²) in [4.78, 5) is 11.8. The minimum atomic E-state index is -0.728. The predicted molar refractivity (Wildman–Crippen MR) is 70.8 cm³/mol. The Morgan fingerprint density at radius 3 is 3.18 bits per heavy atom. The summed E-state index contributed by atoms with van der Waals surface area (Å²) in [6.07, 6.45) is 3.31. The molecule has 17 heavy (non-hydrogen) atoms. The Balaban J connectivity index is 1.86. The molecule has 0 saturated heterocycles. The van der Waals surface area contributed by atoms with Crippen molar-refractivity contribution >= 4 is 23.4 Å². The van der Waals surface area contributed by atoms with Crippen molar-refractivity contribution in [3.05, 3.63) is 23.8 Å². The summed E-state index contributed by atoms with van der Waals surface area (Å²) in [5, 5.41) is 11.8. The fourth-order valence-corrected chi connectivity index (χ4v) is 2.96. The zero-order valence-electron chi connectivity index (χ0n) is 9.74. The molecule has 0 aromatic heterocycles. The second-order valence-corrected chi connectivity index (χ2v) is 5.34. The number of fused-ring (bicyclic) bond motifs is 1. The van der Waals surface area contributed by atoms with Crippen LogP contribution < -0.4 is 5.32 Å². The van der Waals surface area contributed by atoms with Crippen LogP contribution in [0.4, 0.5) is 5.69 Å². The lowest BCUT2D eigenvalue weighted by atomic mass is 10.1. The summed E-state index contributed by atoms with van der Waals surface area (Å²) >= 11 is 1.92. The average molecular weight is 251 g/mol. The number of aliphatic carboxylic acids is 1. The lowest BCUT2D eigenvalue weighted by Gasteiger charge is -2.16. The van der Waals surface area contributed by atoms with Gasteiger partial charge in [-0.15, -0.1) is 11.8 Å². The summed E-state index contributed by atoms with van der Waals surface area (Å²) in [5.74, 6) is 0.493. The summed E-state index contributed by atoms with van der Waals surface area (Å²) in [7, 11) is 0. The maximum atomic E-state index is 10.4. The van der Waals surface area contributed by atoms with Crippen molar-refractivity contribution in [2.24, 2.45) is 0 Å². The fourth-order valence-electron chi connectivity index (χ4n) is 1.94. The Kier molecular flexibility index (Phi) is 4.31. The maximum absolute atomic E-state index is 10.4. The standard InChI is InChI=1S/C13H17NO2S/c15-13(16)4-1-7-14-11-5-6-12-10(9-11)3-2-8-17-12/h5-6,9,14H,1-4,7-8H2,(H,15,16). The minimum absolute atomic E-state index is 0.230. The summed E-state index contributed by atoms with van der Waals surface area (Å²) < 4.78 is 0. The van der Waals surface area contributed by atoms with Gasteiger partial charge in [-0.2, -0.15) is 0 Å². The van der Waals surface area contributed by atoms with Gasteiger partial charge in [0.1, 0.15) is 0 Å². The quantitative estimate of drug-likeness (QED) is 0.790. The van der Waals surface area contributed by atoms with E-state index < -0.39 is 5.97 Å². The van der Waals surface area contributed by atoms with Crippen molar-refractivity contribution in [2.75, 3.05) is 17.6 Å². The number of anilines is 1. The monoisotopic (exact) mass is 251 g/mol. The van der Waals surface area contributed by atoms with Gasteiger partial charge in [-0.05, 0) is 48.8 Å². The van der Waals surface area contributed by atoms with Gasteiger partial charge >= 0.3 is 5.97 Å². The minimum Gasteiger partial charge on any atom is -0.481 e. The third-order valence-corrected chi connectivity index (χ3v) is 4.01. The van der Waals surface area contributed by atoms with E-state index in [4.69, 9.17) is 5.11 Å². The van der Waals surface area contributed by atoms with E-state index in [0.29, 0.717) is 6.42 Å². The molecule has 0 saturated carbocycles. The van der Waals surface area contributed by atoms with E-state index in [2.05, 4.69) is 23.5 Å². The molecule has 4 heteroatoms. The normalized spacial score (nSPS) is 14.1. The number of carboxylic acids is 1. The van der Waals surface area contributed by atoms with Crippen molar-refractivity contribution < 1.29 is 9.90 Å². The molecule has 0 aliphatic carbocycles. The highest BCUT2D eigenvalue weighted by Crippen LogP contribution is 2.31. The van der Waals surface area contributed by atoms with E-state index >= 15 is 0 Å². The van der Waals surface area contributed by atoms with Crippen LogP contribution in [0.2, 0.25) is 0 Å². The van der Waals surface area contributed by atoms with Gasteiger partial charge in [-0.3, -0.25) is 4.79 Å². The lowest BCUT2D eigenvalue weighted by Crippen LogP contribution is -2.06. The largest absolute Gasteiger partial charge is 0.481 e. The van der Waals surface area contributed by atoms with Crippen LogP contribution in [-0.2, 0) is 11.2 Å². The summed E-state index contributed by atoms with van der Waals surface area (Å²) in [6.45, 7) is 0.720. The molecule has 0 unspecified atom stereocenters. The van der Waals surface area contributed by atoms with Crippen molar-refractivity contribution in [3.8, 4) is 0 Å². The summed E-state index contributed by atoms with van der Waals surface area (Å²) in [6, 6.07) is 6.44. The first-order valence-electron chi connectivity index (χ1n) is 5.97. The SMILES string of the molecule is O=C(O)CCCNc1ccc2c(c1)CCCS2. The molecule has 1 heterocycles. The highest BCUT2D eigenvalue weighted by atomic mass is 32.2. The molecule has 1 aliphatic heterocycles. The number of hydrogen-bond acceptors (Lipinski definition) is 3. The third-order valence-electron chi connectivity index (χ3n) is 2.81. The van der Waals surface area contributed by atoms with E-state index in [1.165, 1.54) is 22.6 Å². The molecule has 0 bridgehead atoms. The summed E-state index contributed by atoms with van der Waals surface area (Å²) in [5.41, 5.74) is 2.53. The molecule has 0 radical (unpaired) electrons. The molecule has 0 spiro atoms. The number of benzene rings is 1. The van der Waals surface area contributed by atoms with Crippen molar-refractivity contribution in [2.45, 2.75) is 30.6 Å². The molecular formula is C13H17NO2S. The van der Waals surface area contributed by atoms with Crippen molar-refractivity contribution in [1.82, 2.24) is 0 Å². The molecule has 3 nitrogen and oxygen atoms in total. The van der Waals surface area contributed by atoms with Gasteiger partial charge in [0.2, 0.25) is 0 Å². The molecule has 1 aliphatic rings. The van der Waals surface area contributed by atoms with E-state index in [1.54, 1.807) is 0 Å². The topological polar surface area (TPSA) is 49.3 Å². The van der Waals surface area contributed by atoms with Gasteiger partial charge in [0.25, 0.3) is 0 Å². The first kappa shape index (κ1) is 12.3. The van der Waals surface area contributed by atoms with Gasteiger partial charge in [0, 0.05) is 23.5 Å². The predicted octanol–water partition coefficient (Wildman–Crippen LogP) is 3.00. The number of rotatable bonds is 5. The highest BCUT2D eigenvalue weighted by molar-refractivity contribution is 7.99. The zero-order valence-corrected chi connectivity index (χ0v) is 10.6. The molecular weight excluding hydrogens is 234 g/mol. The Hall–Kier alpha value is -1.16. The van der Waals surface area contributed by atoms with Gasteiger partial charge in [-0.1, -0.05) is 0 Å². The second kappa shape index (κ2) is 5.96. The van der Waals surface area contributed by atoms with Gasteiger partial charge in [0.15, 0.2) is 0 Å². The Labute approximate surface area is 106 Å². The third kappa shape index (κ3) is 3.66. The first-order chi connectivity index (χ1) is 8.25. The Bertz CT molecular complexity index is 406. The van der Waals surface area contributed by atoms with Crippen LogP contribution in [0.15, 0.2) is 23.1 Å². The first-order valence-corrected chi connectivity index (χ1v) is 6.95. The molecule has 92 valence electrons. The highest BCUT2D eigenvalue weighted by Gasteiger charge is 2.09. The van der Waals surface area contributed by atoms with Crippen LogP contribution >= 0.6 is 11.8 Å². The molecule has 0 fully saturated rings. The number of carboxylic acid groups (broad SMARTS) is 1. The van der Waals surface area contributed by atoms with Crippen LogP contribution in [0.25, 0.3) is 0 Å². The van der Waals surface area contributed by atoms with Crippen LogP contribution in [0.5, 0.6) is 0 Å². The van der Waals surface area contributed by atoms with Gasteiger partial charge in [0.05, 0.1) is 0 Å². The smallest absolute Gasteiger partial charge is 0.303 e. The second-order valence-electron chi connectivity index (χ2n) is 4.20. The fraction of sp³-hybridized carbons (Fsp3) is 0.462. The van der Waals surface area contributed by atoms with E-state index in [0.717, 1.165) is 18.7 Å². The number of thioether (sulfide) groups is 1. The molecule has 1 aromatic rings. The van der Waals surface area contributed by atoms with Crippen molar-refractivity contribution in [1.29, 1.82) is 0 Å². The molecule has 0 amide bonds. The Morgan fingerprint density at radius 1 is 1.47 bits per heavy atom. The van der Waals surface area contributed by atoms with Gasteiger partial charge < -0.3 is 10.4 Å². The van der Waals surface area contributed by atoms with E-state index in [1.807, 2.05) is 11.8 Å². The lowest BCUT2D eigenvalue weighted by molar-refractivity contribution is -0.137.